The lowest BCUT2D eigenvalue weighted by Gasteiger charge is -2.33. The second-order valence-electron chi connectivity index (χ2n) is 5.81. The van der Waals surface area contributed by atoms with Crippen molar-refractivity contribution in [2.24, 2.45) is 5.92 Å². The molecule has 1 aromatic heterocycles. The van der Waals surface area contributed by atoms with Crippen LogP contribution in [0.3, 0.4) is 0 Å². The minimum Gasteiger partial charge on any atom is -0.370 e. The van der Waals surface area contributed by atoms with Crippen molar-refractivity contribution in [3.63, 3.8) is 0 Å². The third-order valence-corrected chi connectivity index (χ3v) is 3.87. The van der Waals surface area contributed by atoms with Crippen molar-refractivity contribution in [3.05, 3.63) is 11.9 Å². The molecule has 1 saturated heterocycles. The fraction of sp³-hybridized carbons (Fsp3) is 0.733. The van der Waals surface area contributed by atoms with Crippen molar-refractivity contribution in [1.29, 1.82) is 0 Å². The average molecular weight is 262 g/mol. The second-order valence-corrected chi connectivity index (χ2v) is 5.81. The maximum absolute atomic E-state index is 4.57. The third kappa shape index (κ3) is 3.17. The highest BCUT2D eigenvalue weighted by Crippen LogP contribution is 2.32. The summed E-state index contributed by atoms with van der Waals surface area (Å²) in [5.74, 6) is 3.41. The van der Waals surface area contributed by atoms with Crippen molar-refractivity contribution < 1.29 is 0 Å². The zero-order valence-corrected chi connectivity index (χ0v) is 12.6. The van der Waals surface area contributed by atoms with Crippen LogP contribution in [0.1, 0.15) is 52.0 Å². The van der Waals surface area contributed by atoms with E-state index in [0.29, 0.717) is 5.92 Å². The molecule has 2 rings (SSSR count). The molecule has 1 aliphatic heterocycles. The van der Waals surface area contributed by atoms with E-state index >= 15 is 0 Å². The summed E-state index contributed by atoms with van der Waals surface area (Å²) in [7, 11) is 0. The predicted octanol–water partition coefficient (Wildman–Crippen LogP) is 3.27. The van der Waals surface area contributed by atoms with Crippen molar-refractivity contribution in [3.8, 4) is 0 Å². The molecule has 0 radical (unpaired) electrons. The van der Waals surface area contributed by atoms with Gasteiger partial charge in [-0.25, -0.2) is 9.97 Å². The second kappa shape index (κ2) is 6.22. The van der Waals surface area contributed by atoms with Crippen LogP contribution in [0.4, 0.5) is 11.6 Å². The molecular weight excluding hydrogens is 236 g/mol. The lowest BCUT2D eigenvalue weighted by atomic mass is 9.97. The summed E-state index contributed by atoms with van der Waals surface area (Å²) in [6.45, 7) is 12.0. The first-order valence-electron chi connectivity index (χ1n) is 7.47. The summed E-state index contributed by atoms with van der Waals surface area (Å²) in [5, 5.41) is 3.37. The number of piperidine rings is 1. The minimum absolute atomic E-state index is 0.435. The number of hydrogen-bond acceptors (Lipinski definition) is 4. The van der Waals surface area contributed by atoms with Crippen LogP contribution in [0.25, 0.3) is 0 Å². The Kier molecular flexibility index (Phi) is 4.61. The zero-order chi connectivity index (χ0) is 13.8. The van der Waals surface area contributed by atoms with E-state index in [0.717, 1.165) is 37.2 Å². The van der Waals surface area contributed by atoms with Gasteiger partial charge in [0.15, 0.2) is 0 Å². The topological polar surface area (TPSA) is 41.1 Å². The lowest BCUT2D eigenvalue weighted by molar-refractivity contribution is 0.435. The van der Waals surface area contributed by atoms with Gasteiger partial charge in [0, 0.05) is 25.2 Å². The summed E-state index contributed by atoms with van der Waals surface area (Å²) in [6.07, 6.45) is 4.22. The van der Waals surface area contributed by atoms with Crippen LogP contribution in [0.2, 0.25) is 0 Å². The Labute approximate surface area is 116 Å². The van der Waals surface area contributed by atoms with Crippen LogP contribution in [0, 0.1) is 5.92 Å². The Morgan fingerprint density at radius 1 is 1.32 bits per heavy atom. The van der Waals surface area contributed by atoms with E-state index in [-0.39, 0.29) is 0 Å². The van der Waals surface area contributed by atoms with E-state index in [9.17, 15) is 0 Å². The fourth-order valence-corrected chi connectivity index (χ4v) is 2.70. The SMILES string of the molecule is CCNc1ncnc(N2CCC(C)CC2)c1C(C)C. The molecule has 0 aromatic carbocycles. The number of anilines is 2. The molecule has 0 atom stereocenters. The highest BCUT2D eigenvalue weighted by Gasteiger charge is 2.22. The number of nitrogens with zero attached hydrogens (tertiary/aromatic N) is 3. The summed E-state index contributed by atoms with van der Waals surface area (Å²) in [4.78, 5) is 11.4. The normalized spacial score (nSPS) is 17.0. The summed E-state index contributed by atoms with van der Waals surface area (Å²) in [6, 6.07) is 0. The molecule has 0 bridgehead atoms. The summed E-state index contributed by atoms with van der Waals surface area (Å²) >= 11 is 0. The minimum atomic E-state index is 0.435. The maximum Gasteiger partial charge on any atom is 0.137 e. The molecule has 0 saturated carbocycles. The Hall–Kier alpha value is -1.32. The third-order valence-electron chi connectivity index (χ3n) is 3.87. The molecule has 106 valence electrons. The van der Waals surface area contributed by atoms with E-state index in [4.69, 9.17) is 0 Å². The molecule has 2 heterocycles. The van der Waals surface area contributed by atoms with Gasteiger partial charge in [-0.3, -0.25) is 0 Å². The Morgan fingerprint density at radius 2 is 2.00 bits per heavy atom. The van der Waals surface area contributed by atoms with Gasteiger partial charge in [0.2, 0.25) is 0 Å². The molecule has 1 fully saturated rings. The first-order valence-corrected chi connectivity index (χ1v) is 7.47. The van der Waals surface area contributed by atoms with Crippen molar-refractivity contribution >= 4 is 11.6 Å². The molecule has 1 aromatic rings. The number of aromatic nitrogens is 2. The first kappa shape index (κ1) is 14.1. The van der Waals surface area contributed by atoms with Gasteiger partial charge in [-0.05, 0) is 31.6 Å². The van der Waals surface area contributed by atoms with Crippen LogP contribution in [0.5, 0.6) is 0 Å². The van der Waals surface area contributed by atoms with Gasteiger partial charge in [-0.1, -0.05) is 20.8 Å². The molecule has 0 unspecified atom stereocenters. The molecule has 4 nitrogen and oxygen atoms in total. The Morgan fingerprint density at radius 3 is 2.58 bits per heavy atom. The largest absolute Gasteiger partial charge is 0.370 e. The van der Waals surface area contributed by atoms with Crippen molar-refractivity contribution in [1.82, 2.24) is 9.97 Å². The van der Waals surface area contributed by atoms with Crippen molar-refractivity contribution in [2.45, 2.75) is 46.5 Å². The van der Waals surface area contributed by atoms with Gasteiger partial charge in [0.1, 0.15) is 18.0 Å². The van der Waals surface area contributed by atoms with Gasteiger partial charge in [-0.15, -0.1) is 0 Å². The molecular formula is C15H26N4. The maximum atomic E-state index is 4.57. The fourth-order valence-electron chi connectivity index (χ4n) is 2.70. The number of rotatable bonds is 4. The van der Waals surface area contributed by atoms with Gasteiger partial charge >= 0.3 is 0 Å². The quantitative estimate of drug-likeness (QED) is 0.904. The van der Waals surface area contributed by atoms with Crippen LogP contribution in [-0.4, -0.2) is 29.6 Å². The van der Waals surface area contributed by atoms with Crippen LogP contribution >= 0.6 is 0 Å². The van der Waals surface area contributed by atoms with Crippen LogP contribution in [-0.2, 0) is 0 Å². The molecule has 0 spiro atoms. The standard InChI is InChI=1S/C15H26N4/c1-5-16-14-13(11(2)3)15(18-10-17-14)19-8-6-12(4)7-9-19/h10-12H,5-9H2,1-4H3,(H,16,17,18). The van der Waals surface area contributed by atoms with E-state index in [2.05, 4.69) is 47.9 Å². The molecule has 0 amide bonds. The zero-order valence-electron chi connectivity index (χ0n) is 12.6. The molecule has 1 N–H and O–H groups in total. The van der Waals surface area contributed by atoms with Crippen molar-refractivity contribution in [2.75, 3.05) is 29.9 Å². The highest BCUT2D eigenvalue weighted by atomic mass is 15.2. The monoisotopic (exact) mass is 262 g/mol. The lowest BCUT2D eigenvalue weighted by Crippen LogP contribution is -2.34. The van der Waals surface area contributed by atoms with Crippen LogP contribution in [0.15, 0.2) is 6.33 Å². The molecule has 19 heavy (non-hydrogen) atoms. The summed E-state index contributed by atoms with van der Waals surface area (Å²) in [5.41, 5.74) is 1.26. The molecule has 0 aliphatic carbocycles. The van der Waals surface area contributed by atoms with Gasteiger partial charge in [0.05, 0.1) is 0 Å². The van der Waals surface area contributed by atoms with Crippen LogP contribution < -0.4 is 10.2 Å². The van der Waals surface area contributed by atoms with Gasteiger partial charge < -0.3 is 10.2 Å². The number of hydrogen-bond donors (Lipinski definition) is 1. The molecule has 1 aliphatic rings. The Bertz CT molecular complexity index is 409. The van der Waals surface area contributed by atoms with E-state index in [1.54, 1.807) is 6.33 Å². The van der Waals surface area contributed by atoms with Gasteiger partial charge in [-0.2, -0.15) is 0 Å². The van der Waals surface area contributed by atoms with E-state index in [1.807, 2.05) is 0 Å². The molecule has 4 heteroatoms. The van der Waals surface area contributed by atoms with Gasteiger partial charge in [0.25, 0.3) is 0 Å². The summed E-state index contributed by atoms with van der Waals surface area (Å²) < 4.78 is 0. The first-order chi connectivity index (χ1) is 9.13. The predicted molar refractivity (Wildman–Crippen MR) is 80.9 cm³/mol. The van der Waals surface area contributed by atoms with E-state index in [1.165, 1.54) is 18.4 Å². The smallest absolute Gasteiger partial charge is 0.137 e. The Balaban J connectivity index is 2.30. The number of nitrogens with one attached hydrogen (secondary N) is 1. The van der Waals surface area contributed by atoms with E-state index < -0.39 is 0 Å². The highest BCUT2D eigenvalue weighted by molar-refractivity contribution is 5.60. The average Bonchev–Trinajstić information content (AvgIpc) is 2.39.